The van der Waals surface area contributed by atoms with Gasteiger partial charge in [0.25, 0.3) is 0 Å². The monoisotopic (exact) mass is 417 g/mol. The predicted molar refractivity (Wildman–Crippen MR) is 113 cm³/mol. The summed E-state index contributed by atoms with van der Waals surface area (Å²) in [6, 6.07) is 4.47. The van der Waals surface area contributed by atoms with Crippen molar-refractivity contribution in [3.05, 3.63) is 17.7 Å². The maximum absolute atomic E-state index is 11.8. The molecule has 1 aromatic rings. The number of amides is 1. The van der Waals surface area contributed by atoms with Gasteiger partial charge in [-0.2, -0.15) is 0 Å². The summed E-state index contributed by atoms with van der Waals surface area (Å²) in [4.78, 5) is 15.4. The second-order valence-electron chi connectivity index (χ2n) is 6.48. The van der Waals surface area contributed by atoms with Crippen LogP contribution >= 0.6 is 24.2 Å². The van der Waals surface area contributed by atoms with E-state index in [0.29, 0.717) is 25.6 Å². The zero-order valence-corrected chi connectivity index (χ0v) is 18.1. The molecule has 8 heteroatoms. The average Bonchev–Trinajstić information content (AvgIpc) is 2.67. The highest BCUT2D eigenvalue weighted by Crippen LogP contribution is 2.35. The van der Waals surface area contributed by atoms with Gasteiger partial charge in [-0.1, -0.05) is 6.42 Å². The number of halogens is 1. The summed E-state index contributed by atoms with van der Waals surface area (Å²) in [6.07, 6.45) is 5.96. The molecule has 1 heterocycles. The van der Waals surface area contributed by atoms with Gasteiger partial charge < -0.3 is 20.5 Å². The molecule has 0 saturated carbocycles. The molecular weight excluding hydrogens is 386 g/mol. The number of carbonyl (C=O) groups is 1. The van der Waals surface area contributed by atoms with E-state index in [2.05, 4.69) is 22.5 Å². The highest BCUT2D eigenvalue weighted by atomic mass is 35.5. The molecule has 1 fully saturated rings. The number of ether oxygens (including phenoxy) is 2. The summed E-state index contributed by atoms with van der Waals surface area (Å²) in [5.74, 6) is 1.55. The van der Waals surface area contributed by atoms with E-state index in [1.807, 2.05) is 6.07 Å². The van der Waals surface area contributed by atoms with Gasteiger partial charge in [-0.3, -0.25) is 9.69 Å². The Morgan fingerprint density at radius 3 is 2.63 bits per heavy atom. The van der Waals surface area contributed by atoms with E-state index in [-0.39, 0.29) is 18.3 Å². The fraction of sp³-hybridized carbons (Fsp3) is 0.632. The minimum absolute atomic E-state index is 0. The van der Waals surface area contributed by atoms with E-state index in [4.69, 9.17) is 15.2 Å². The van der Waals surface area contributed by atoms with Gasteiger partial charge in [-0.25, -0.2) is 0 Å². The number of carbonyl (C=O) groups excluding carboxylic acids is 1. The molecule has 1 aliphatic heterocycles. The zero-order chi connectivity index (χ0) is 18.9. The van der Waals surface area contributed by atoms with E-state index >= 15 is 0 Å². The SMILES string of the molecule is COc1cc(CN2CCCCC2CNC(=O)CCN)c(SC)cc1OC.Cl. The van der Waals surface area contributed by atoms with Crippen molar-refractivity contribution in [3.63, 3.8) is 0 Å². The molecule has 0 radical (unpaired) electrons. The van der Waals surface area contributed by atoms with Gasteiger partial charge in [0.2, 0.25) is 5.91 Å². The minimum atomic E-state index is 0. The van der Waals surface area contributed by atoms with Crippen LogP contribution in [0, 0.1) is 0 Å². The lowest BCUT2D eigenvalue weighted by molar-refractivity contribution is -0.121. The number of benzene rings is 1. The van der Waals surface area contributed by atoms with Crippen LogP contribution < -0.4 is 20.5 Å². The van der Waals surface area contributed by atoms with Crippen molar-refractivity contribution >= 4 is 30.1 Å². The molecule has 154 valence electrons. The molecule has 1 unspecified atom stereocenters. The topological polar surface area (TPSA) is 76.8 Å². The van der Waals surface area contributed by atoms with Crippen LogP contribution in [0.5, 0.6) is 11.5 Å². The molecule has 1 aromatic carbocycles. The molecule has 3 N–H and O–H groups in total. The average molecular weight is 418 g/mol. The number of nitrogens with zero attached hydrogens (tertiary/aromatic N) is 1. The van der Waals surface area contributed by atoms with E-state index in [1.54, 1.807) is 26.0 Å². The van der Waals surface area contributed by atoms with Crippen LogP contribution in [0.2, 0.25) is 0 Å². The molecule has 1 saturated heterocycles. The van der Waals surface area contributed by atoms with Gasteiger partial charge in [0.05, 0.1) is 14.2 Å². The normalized spacial score (nSPS) is 17.1. The molecule has 6 nitrogen and oxygen atoms in total. The van der Waals surface area contributed by atoms with Crippen LogP contribution in [-0.2, 0) is 11.3 Å². The van der Waals surface area contributed by atoms with Crippen molar-refractivity contribution in [2.24, 2.45) is 5.73 Å². The predicted octanol–water partition coefficient (Wildman–Crippen LogP) is 2.67. The van der Waals surface area contributed by atoms with Crippen LogP contribution in [0.1, 0.15) is 31.2 Å². The van der Waals surface area contributed by atoms with E-state index < -0.39 is 0 Å². The first-order valence-corrected chi connectivity index (χ1v) is 10.3. The van der Waals surface area contributed by atoms with Gasteiger partial charge in [-0.15, -0.1) is 24.2 Å². The molecular formula is C19H32ClN3O3S. The third kappa shape index (κ3) is 6.75. The number of likely N-dealkylation sites (tertiary alicyclic amines) is 1. The van der Waals surface area contributed by atoms with E-state index in [1.165, 1.54) is 23.3 Å². The lowest BCUT2D eigenvalue weighted by Gasteiger charge is -2.36. The van der Waals surface area contributed by atoms with Gasteiger partial charge in [0.1, 0.15) is 0 Å². The minimum Gasteiger partial charge on any atom is -0.493 e. The summed E-state index contributed by atoms with van der Waals surface area (Å²) < 4.78 is 10.9. The Morgan fingerprint density at radius 2 is 2.00 bits per heavy atom. The van der Waals surface area contributed by atoms with Crippen LogP contribution in [-0.4, -0.2) is 57.0 Å². The fourth-order valence-electron chi connectivity index (χ4n) is 3.39. The Morgan fingerprint density at radius 1 is 1.30 bits per heavy atom. The van der Waals surface area contributed by atoms with Gasteiger partial charge in [-0.05, 0) is 43.3 Å². The van der Waals surface area contributed by atoms with Gasteiger partial charge in [0.15, 0.2) is 11.5 Å². The molecule has 0 bridgehead atoms. The van der Waals surface area contributed by atoms with Crippen molar-refractivity contribution in [2.45, 2.75) is 43.2 Å². The number of methoxy groups -OCH3 is 2. The first kappa shape index (κ1) is 23.9. The molecule has 0 spiro atoms. The Labute approximate surface area is 172 Å². The number of piperidine rings is 1. The fourth-order valence-corrected chi connectivity index (χ4v) is 4.00. The molecule has 1 aliphatic rings. The third-order valence-corrected chi connectivity index (χ3v) is 5.64. The maximum atomic E-state index is 11.8. The first-order chi connectivity index (χ1) is 12.6. The highest BCUT2D eigenvalue weighted by Gasteiger charge is 2.24. The standard InChI is InChI=1S/C19H31N3O3S.ClH/c1-24-16-10-14(18(26-3)11-17(16)25-2)13-22-9-5-4-6-15(22)12-21-19(23)7-8-20;/h10-11,15H,4-9,12-13,20H2,1-3H3,(H,21,23);1H. The van der Waals surface area contributed by atoms with Crippen LogP contribution in [0.4, 0.5) is 0 Å². The molecule has 1 atom stereocenters. The van der Waals surface area contributed by atoms with Crippen molar-refractivity contribution in [2.75, 3.05) is 40.1 Å². The first-order valence-electron chi connectivity index (χ1n) is 9.12. The Balaban J connectivity index is 0.00000364. The molecule has 2 rings (SSSR count). The van der Waals surface area contributed by atoms with Gasteiger partial charge in [0, 0.05) is 37.0 Å². The maximum Gasteiger partial charge on any atom is 0.221 e. The number of thioether (sulfide) groups is 1. The van der Waals surface area contributed by atoms with E-state index in [0.717, 1.165) is 31.0 Å². The van der Waals surface area contributed by atoms with E-state index in [9.17, 15) is 4.79 Å². The molecule has 0 aromatic heterocycles. The van der Waals surface area contributed by atoms with Crippen molar-refractivity contribution < 1.29 is 14.3 Å². The van der Waals surface area contributed by atoms with Crippen molar-refractivity contribution in [1.82, 2.24) is 10.2 Å². The van der Waals surface area contributed by atoms with Crippen LogP contribution in [0.3, 0.4) is 0 Å². The van der Waals surface area contributed by atoms with Crippen LogP contribution in [0.25, 0.3) is 0 Å². The lowest BCUT2D eigenvalue weighted by Crippen LogP contribution is -2.46. The summed E-state index contributed by atoms with van der Waals surface area (Å²) >= 11 is 1.71. The second kappa shape index (κ2) is 12.3. The largest absolute Gasteiger partial charge is 0.493 e. The Hall–Kier alpha value is -1.15. The summed E-state index contributed by atoms with van der Waals surface area (Å²) in [5.41, 5.74) is 6.69. The molecule has 1 amide bonds. The Bertz CT molecular complexity index is 604. The number of hydrogen-bond acceptors (Lipinski definition) is 6. The molecule has 27 heavy (non-hydrogen) atoms. The molecule has 0 aliphatic carbocycles. The quantitative estimate of drug-likeness (QED) is 0.601. The third-order valence-electron chi connectivity index (χ3n) is 4.82. The highest BCUT2D eigenvalue weighted by molar-refractivity contribution is 7.98. The zero-order valence-electron chi connectivity index (χ0n) is 16.5. The van der Waals surface area contributed by atoms with Crippen LogP contribution in [0.15, 0.2) is 17.0 Å². The smallest absolute Gasteiger partial charge is 0.221 e. The van der Waals surface area contributed by atoms with Crippen molar-refractivity contribution in [3.8, 4) is 11.5 Å². The number of hydrogen-bond donors (Lipinski definition) is 2. The summed E-state index contributed by atoms with van der Waals surface area (Å²) in [6.45, 7) is 2.96. The lowest BCUT2D eigenvalue weighted by atomic mass is 10.0. The number of rotatable bonds is 9. The number of nitrogens with one attached hydrogen (secondary N) is 1. The summed E-state index contributed by atoms with van der Waals surface area (Å²) in [5, 5.41) is 3.03. The number of nitrogens with two attached hydrogens (primary N) is 1. The Kier molecular flexibility index (Phi) is 10.9. The summed E-state index contributed by atoms with van der Waals surface area (Å²) in [7, 11) is 3.32. The second-order valence-corrected chi connectivity index (χ2v) is 7.33. The van der Waals surface area contributed by atoms with Gasteiger partial charge >= 0.3 is 0 Å². The van der Waals surface area contributed by atoms with Crippen molar-refractivity contribution in [1.29, 1.82) is 0 Å².